The molecule has 1 aliphatic carbocycles. The van der Waals surface area contributed by atoms with E-state index in [4.69, 9.17) is 9.47 Å². The molecule has 168 valence electrons. The van der Waals surface area contributed by atoms with Gasteiger partial charge in [-0.1, -0.05) is 19.3 Å². The predicted molar refractivity (Wildman–Crippen MR) is 95.4 cm³/mol. The van der Waals surface area contributed by atoms with Crippen LogP contribution in [-0.4, -0.2) is 18.0 Å². The summed E-state index contributed by atoms with van der Waals surface area (Å²) in [6.07, 6.45) is -7.03. The van der Waals surface area contributed by atoms with Crippen molar-refractivity contribution in [3.63, 3.8) is 0 Å². The molecule has 9 heteroatoms. The highest BCUT2D eigenvalue weighted by molar-refractivity contribution is 5.76. The first kappa shape index (κ1) is 23.1. The highest BCUT2D eigenvalue weighted by Crippen LogP contribution is 2.42. The van der Waals surface area contributed by atoms with E-state index < -0.39 is 35.9 Å². The van der Waals surface area contributed by atoms with Gasteiger partial charge in [0.1, 0.15) is 5.78 Å². The summed E-state index contributed by atoms with van der Waals surface area (Å²) in [6.45, 7) is 1.37. The third kappa shape index (κ3) is 5.75. The lowest BCUT2D eigenvalue weighted by atomic mass is 9.82. The molecular weight excluding hydrogens is 414 g/mol. The number of hydrogen-bond donors (Lipinski definition) is 0. The summed E-state index contributed by atoms with van der Waals surface area (Å²) >= 11 is 0. The fourth-order valence-electron chi connectivity index (χ4n) is 4.27. The van der Waals surface area contributed by atoms with Crippen LogP contribution < -0.4 is 0 Å². The minimum atomic E-state index is -4.95. The second kappa shape index (κ2) is 8.86. The maximum Gasteiger partial charge on any atom is 0.416 e. The lowest BCUT2D eigenvalue weighted by Gasteiger charge is -2.40. The van der Waals surface area contributed by atoms with Crippen LogP contribution in [0.3, 0.4) is 0 Å². The number of ether oxygens (including phenoxy) is 2. The van der Waals surface area contributed by atoms with Crippen LogP contribution in [0.2, 0.25) is 0 Å². The molecule has 1 heterocycles. The second-order valence-electron chi connectivity index (χ2n) is 8.14. The van der Waals surface area contributed by atoms with E-state index in [1.165, 1.54) is 6.92 Å². The summed E-state index contributed by atoms with van der Waals surface area (Å²) in [5.41, 5.74) is -3.17. The molecule has 1 aromatic carbocycles. The second-order valence-corrected chi connectivity index (χ2v) is 8.14. The molecule has 0 unspecified atom stereocenters. The first-order valence-electron chi connectivity index (χ1n) is 10.0. The third-order valence-corrected chi connectivity index (χ3v) is 5.68. The average molecular weight is 438 g/mol. The van der Waals surface area contributed by atoms with Gasteiger partial charge in [0.25, 0.3) is 0 Å². The molecule has 0 aromatic heterocycles. The predicted octanol–water partition coefficient (Wildman–Crippen LogP) is 6.46. The van der Waals surface area contributed by atoms with Crippen LogP contribution in [0.1, 0.15) is 74.8 Å². The van der Waals surface area contributed by atoms with E-state index in [2.05, 4.69) is 0 Å². The molecule has 1 saturated heterocycles. The molecule has 3 atom stereocenters. The van der Waals surface area contributed by atoms with Gasteiger partial charge in [0, 0.05) is 18.4 Å². The van der Waals surface area contributed by atoms with Crippen molar-refractivity contribution in [3.8, 4) is 0 Å². The van der Waals surface area contributed by atoms with Crippen molar-refractivity contribution in [1.29, 1.82) is 0 Å². The van der Waals surface area contributed by atoms with Crippen molar-refractivity contribution < 1.29 is 40.6 Å². The molecule has 3 rings (SSSR count). The number of ketones is 1. The van der Waals surface area contributed by atoms with Crippen molar-refractivity contribution in [2.24, 2.45) is 5.92 Å². The standard InChI is InChI=1S/C21H24F6O3/c1-12(28)7-17-11-18(13-5-3-2-4-6-13)30-19(29-17)14-8-15(20(22,23)24)10-16(9-14)21(25,26)27/h8-10,13,17-19H,2-7,11H2,1H3/t17-,18-,19-/m0/s1. The van der Waals surface area contributed by atoms with Crippen molar-refractivity contribution >= 4 is 5.78 Å². The maximum absolute atomic E-state index is 13.2. The molecule has 0 N–H and O–H groups in total. The van der Waals surface area contributed by atoms with Crippen molar-refractivity contribution in [2.45, 2.75) is 82.7 Å². The Bertz CT molecular complexity index is 720. The van der Waals surface area contributed by atoms with Gasteiger partial charge in [-0.2, -0.15) is 26.3 Å². The lowest BCUT2D eigenvalue weighted by molar-refractivity contribution is -0.260. The molecule has 2 aliphatic rings. The Morgan fingerprint density at radius 1 is 0.933 bits per heavy atom. The number of rotatable bonds is 4. The van der Waals surface area contributed by atoms with Gasteiger partial charge in [0.05, 0.1) is 23.3 Å². The van der Waals surface area contributed by atoms with E-state index in [0.29, 0.717) is 18.6 Å². The summed E-state index contributed by atoms with van der Waals surface area (Å²) in [4.78, 5) is 11.6. The van der Waals surface area contributed by atoms with Crippen molar-refractivity contribution in [1.82, 2.24) is 0 Å². The zero-order valence-corrected chi connectivity index (χ0v) is 16.5. The Labute approximate surface area is 170 Å². The van der Waals surface area contributed by atoms with Crippen LogP contribution in [0.5, 0.6) is 0 Å². The Hall–Kier alpha value is -1.61. The zero-order valence-electron chi connectivity index (χ0n) is 16.5. The fourth-order valence-corrected chi connectivity index (χ4v) is 4.27. The number of hydrogen-bond acceptors (Lipinski definition) is 3. The zero-order chi connectivity index (χ0) is 22.1. The summed E-state index contributed by atoms with van der Waals surface area (Å²) in [6, 6.07) is 1.35. The Morgan fingerprint density at radius 2 is 1.50 bits per heavy atom. The van der Waals surface area contributed by atoms with E-state index in [9.17, 15) is 31.1 Å². The minimum absolute atomic E-state index is 0.0359. The summed E-state index contributed by atoms with van der Waals surface area (Å²) < 4.78 is 90.9. The van der Waals surface area contributed by atoms with Crippen LogP contribution >= 0.6 is 0 Å². The van der Waals surface area contributed by atoms with Gasteiger partial charge in [-0.15, -0.1) is 0 Å². The third-order valence-electron chi connectivity index (χ3n) is 5.68. The van der Waals surface area contributed by atoms with Gasteiger partial charge >= 0.3 is 12.4 Å². The van der Waals surface area contributed by atoms with E-state index in [-0.39, 0.29) is 35.9 Å². The number of alkyl halides is 6. The van der Waals surface area contributed by atoms with Crippen LogP contribution in [-0.2, 0) is 26.6 Å². The van der Waals surface area contributed by atoms with Gasteiger partial charge < -0.3 is 9.47 Å². The normalized spacial score (nSPS) is 26.6. The average Bonchev–Trinajstić information content (AvgIpc) is 2.66. The van der Waals surface area contributed by atoms with Crippen molar-refractivity contribution in [2.75, 3.05) is 0 Å². The number of carbonyl (C=O) groups is 1. The van der Waals surface area contributed by atoms with Crippen LogP contribution in [0, 0.1) is 5.92 Å². The smallest absolute Gasteiger partial charge is 0.345 e. The van der Waals surface area contributed by atoms with E-state index >= 15 is 0 Å². The van der Waals surface area contributed by atoms with Gasteiger partial charge in [-0.05, 0) is 43.9 Å². The Balaban J connectivity index is 1.95. The fraction of sp³-hybridized carbons (Fsp3) is 0.667. The molecule has 3 nitrogen and oxygen atoms in total. The van der Waals surface area contributed by atoms with Gasteiger partial charge in [-0.3, -0.25) is 4.79 Å². The van der Waals surface area contributed by atoms with Gasteiger partial charge in [0.15, 0.2) is 6.29 Å². The molecule has 0 radical (unpaired) electrons. The molecule has 0 amide bonds. The number of benzene rings is 1. The molecule has 1 aromatic rings. The molecule has 2 fully saturated rings. The largest absolute Gasteiger partial charge is 0.416 e. The molecule has 1 aliphatic heterocycles. The minimum Gasteiger partial charge on any atom is -0.345 e. The maximum atomic E-state index is 13.2. The monoisotopic (exact) mass is 438 g/mol. The SMILES string of the molecule is CC(=O)C[C@H]1C[C@@H](C2CCCCC2)O[C@@H](c2cc(C(F)(F)F)cc(C(F)(F)F)c2)O1. The van der Waals surface area contributed by atoms with Crippen LogP contribution in [0.4, 0.5) is 26.3 Å². The topological polar surface area (TPSA) is 35.5 Å². The van der Waals surface area contributed by atoms with E-state index in [1.807, 2.05) is 0 Å². The van der Waals surface area contributed by atoms with Crippen LogP contribution in [0.15, 0.2) is 18.2 Å². The molecular formula is C21H24F6O3. The van der Waals surface area contributed by atoms with Crippen LogP contribution in [0.25, 0.3) is 0 Å². The summed E-state index contributed by atoms with van der Waals surface area (Å²) in [5.74, 6) is -0.0180. The number of Topliss-reactive ketones (excluding diaryl/α,β-unsaturated/α-hetero) is 1. The van der Waals surface area contributed by atoms with E-state index in [1.54, 1.807) is 0 Å². The molecule has 30 heavy (non-hydrogen) atoms. The first-order chi connectivity index (χ1) is 13.9. The van der Waals surface area contributed by atoms with Crippen molar-refractivity contribution in [3.05, 3.63) is 34.9 Å². The molecule has 0 bridgehead atoms. The highest BCUT2D eigenvalue weighted by Gasteiger charge is 2.40. The Kier molecular flexibility index (Phi) is 6.81. The Morgan fingerprint density at radius 3 is 2.00 bits per heavy atom. The molecule has 1 saturated carbocycles. The van der Waals surface area contributed by atoms with E-state index in [0.717, 1.165) is 32.1 Å². The molecule has 0 spiro atoms. The summed E-state index contributed by atoms with van der Waals surface area (Å²) in [7, 11) is 0. The van der Waals surface area contributed by atoms with Gasteiger partial charge in [-0.25, -0.2) is 0 Å². The number of carbonyl (C=O) groups excluding carboxylic acids is 1. The van der Waals surface area contributed by atoms with Gasteiger partial charge in [0.2, 0.25) is 0 Å². The lowest BCUT2D eigenvalue weighted by Crippen LogP contribution is -2.39. The quantitative estimate of drug-likeness (QED) is 0.507. The first-order valence-corrected chi connectivity index (χ1v) is 10.0. The summed E-state index contributed by atoms with van der Waals surface area (Å²) in [5, 5.41) is 0. The number of halogens is 6. The highest BCUT2D eigenvalue weighted by atomic mass is 19.4.